The lowest BCUT2D eigenvalue weighted by molar-refractivity contribution is -0.126. The quantitative estimate of drug-likeness (QED) is 0.755. The molecule has 16 heavy (non-hydrogen) atoms. The fraction of sp³-hybridized carbons (Fsp3) is 0.800. The first-order valence-electron chi connectivity index (χ1n) is 5.49. The van der Waals surface area contributed by atoms with Gasteiger partial charge in [0.25, 0.3) is 0 Å². The maximum atomic E-state index is 11.7. The molecule has 2 saturated heterocycles. The molecule has 2 atom stereocenters. The molecule has 0 aromatic heterocycles. The highest BCUT2D eigenvalue weighted by Gasteiger charge is 2.28. The second-order valence-electron chi connectivity index (χ2n) is 4.02. The summed E-state index contributed by atoms with van der Waals surface area (Å²) in [4.78, 5) is 22.7. The van der Waals surface area contributed by atoms with Gasteiger partial charge in [0, 0.05) is 42.0 Å². The molecule has 2 fully saturated rings. The van der Waals surface area contributed by atoms with Gasteiger partial charge >= 0.3 is 0 Å². The molecule has 0 radical (unpaired) electrons. The summed E-state index contributed by atoms with van der Waals surface area (Å²) in [5.41, 5.74) is 0. The molecule has 4 nitrogen and oxygen atoms in total. The van der Waals surface area contributed by atoms with E-state index in [9.17, 15) is 9.59 Å². The highest BCUT2D eigenvalue weighted by atomic mass is 32.2. The van der Waals surface area contributed by atoms with Crippen LogP contribution in [0.15, 0.2) is 0 Å². The molecule has 2 rings (SSSR count). The number of carbonyl (C=O) groups excluding carboxylic acids is 2. The minimum absolute atomic E-state index is 0.0113. The molecule has 2 aliphatic heterocycles. The summed E-state index contributed by atoms with van der Waals surface area (Å²) in [6.45, 7) is 1.23. The Kier molecular flexibility index (Phi) is 4.40. The van der Waals surface area contributed by atoms with Crippen molar-refractivity contribution in [3.63, 3.8) is 0 Å². The molecule has 0 aliphatic carbocycles. The van der Waals surface area contributed by atoms with Crippen molar-refractivity contribution in [3.05, 3.63) is 0 Å². The zero-order valence-electron chi connectivity index (χ0n) is 9.03. The molecule has 2 heterocycles. The lowest BCUT2D eigenvalue weighted by Crippen LogP contribution is -2.37. The van der Waals surface area contributed by atoms with E-state index in [1.54, 1.807) is 0 Å². The Morgan fingerprint density at radius 2 is 2.38 bits per heavy atom. The van der Waals surface area contributed by atoms with Crippen molar-refractivity contribution in [3.8, 4) is 0 Å². The van der Waals surface area contributed by atoms with Crippen molar-refractivity contribution in [2.45, 2.75) is 11.7 Å². The second kappa shape index (κ2) is 5.82. The zero-order valence-corrected chi connectivity index (χ0v) is 10.7. The van der Waals surface area contributed by atoms with Crippen molar-refractivity contribution >= 4 is 35.3 Å². The predicted octanol–water partition coefficient (Wildman–Crippen LogP) is 0.0873. The van der Waals surface area contributed by atoms with Crippen LogP contribution in [0.5, 0.6) is 0 Å². The number of nitrogens with one attached hydrogen (secondary N) is 2. The van der Waals surface area contributed by atoms with Crippen LogP contribution in [0, 0.1) is 5.92 Å². The monoisotopic (exact) mass is 260 g/mol. The van der Waals surface area contributed by atoms with Gasteiger partial charge in [-0.2, -0.15) is 23.5 Å². The number of hydrogen-bond acceptors (Lipinski definition) is 4. The first-order chi connectivity index (χ1) is 7.75. The fourth-order valence-electron chi connectivity index (χ4n) is 1.80. The van der Waals surface area contributed by atoms with E-state index in [1.807, 2.05) is 23.5 Å². The van der Waals surface area contributed by atoms with Crippen LogP contribution in [-0.2, 0) is 9.59 Å². The van der Waals surface area contributed by atoms with E-state index in [0.29, 0.717) is 18.2 Å². The second-order valence-corrected chi connectivity index (χ2v) is 6.58. The van der Waals surface area contributed by atoms with Crippen LogP contribution in [0.3, 0.4) is 0 Å². The van der Waals surface area contributed by atoms with Crippen LogP contribution >= 0.6 is 23.5 Å². The summed E-state index contributed by atoms with van der Waals surface area (Å²) in [6, 6.07) is 0. The number of carbonyl (C=O) groups is 2. The van der Waals surface area contributed by atoms with Crippen molar-refractivity contribution in [1.29, 1.82) is 0 Å². The van der Waals surface area contributed by atoms with Gasteiger partial charge in [0.2, 0.25) is 11.8 Å². The lowest BCUT2D eigenvalue weighted by Gasteiger charge is -2.21. The molecule has 90 valence electrons. The Morgan fingerprint density at radius 3 is 3.00 bits per heavy atom. The number of hydrogen-bond donors (Lipinski definition) is 2. The summed E-state index contributed by atoms with van der Waals surface area (Å²) < 4.78 is 0. The third kappa shape index (κ3) is 3.31. The van der Waals surface area contributed by atoms with Gasteiger partial charge in [-0.3, -0.25) is 9.59 Å². The van der Waals surface area contributed by atoms with Gasteiger partial charge in [0.1, 0.15) is 0 Å². The Hall–Kier alpha value is -0.360. The Balaban J connectivity index is 1.68. The summed E-state index contributed by atoms with van der Waals surface area (Å²) in [6.07, 6.45) is 0.346. The van der Waals surface area contributed by atoms with Crippen LogP contribution in [-0.4, -0.2) is 47.4 Å². The normalized spacial score (nSPS) is 29.9. The van der Waals surface area contributed by atoms with E-state index in [2.05, 4.69) is 10.6 Å². The van der Waals surface area contributed by atoms with Crippen molar-refractivity contribution < 1.29 is 9.59 Å². The molecule has 0 aromatic rings. The number of amides is 2. The first-order valence-corrected chi connectivity index (χ1v) is 7.70. The molecule has 2 N–H and O–H groups in total. The molecule has 0 bridgehead atoms. The molecule has 2 aliphatic rings. The predicted molar refractivity (Wildman–Crippen MR) is 67.7 cm³/mol. The van der Waals surface area contributed by atoms with Crippen LogP contribution in [0.2, 0.25) is 0 Å². The van der Waals surface area contributed by atoms with Crippen LogP contribution < -0.4 is 10.6 Å². The van der Waals surface area contributed by atoms with E-state index >= 15 is 0 Å². The molecule has 0 spiro atoms. The van der Waals surface area contributed by atoms with Crippen molar-refractivity contribution in [2.75, 3.05) is 30.3 Å². The van der Waals surface area contributed by atoms with E-state index in [4.69, 9.17) is 0 Å². The first kappa shape index (κ1) is 12.1. The highest BCUT2D eigenvalue weighted by molar-refractivity contribution is 8.06. The molecule has 2 amide bonds. The minimum Gasteiger partial charge on any atom is -0.355 e. The van der Waals surface area contributed by atoms with E-state index in [0.717, 1.165) is 12.3 Å². The van der Waals surface area contributed by atoms with Gasteiger partial charge in [-0.05, 0) is 0 Å². The summed E-state index contributed by atoms with van der Waals surface area (Å²) in [5.74, 6) is 3.36. The minimum atomic E-state index is -0.159. The van der Waals surface area contributed by atoms with Crippen molar-refractivity contribution in [2.24, 2.45) is 5.92 Å². The topological polar surface area (TPSA) is 58.2 Å². The summed E-state index contributed by atoms with van der Waals surface area (Å²) >= 11 is 3.88. The van der Waals surface area contributed by atoms with E-state index in [-0.39, 0.29) is 17.7 Å². The summed E-state index contributed by atoms with van der Waals surface area (Å²) in [7, 11) is 0. The van der Waals surface area contributed by atoms with Gasteiger partial charge < -0.3 is 10.6 Å². The standard InChI is InChI=1S/C10H16N2O2S2/c13-9-3-7(4-11-9)10(14)12-5-8-6-15-1-2-16-8/h7-8H,1-6H2,(H,11,13)(H,12,14). The number of rotatable bonds is 3. The Morgan fingerprint density at radius 1 is 1.50 bits per heavy atom. The maximum absolute atomic E-state index is 11.7. The largest absolute Gasteiger partial charge is 0.355 e. The Bertz CT molecular complexity index is 280. The van der Waals surface area contributed by atoms with Crippen molar-refractivity contribution in [1.82, 2.24) is 10.6 Å². The van der Waals surface area contributed by atoms with Gasteiger partial charge in [0.15, 0.2) is 0 Å². The zero-order chi connectivity index (χ0) is 11.4. The fourth-order valence-corrected chi connectivity index (χ4v) is 4.42. The SMILES string of the molecule is O=C1CC(C(=O)NCC2CSCCS2)CN1. The van der Waals surface area contributed by atoms with Gasteiger partial charge in [-0.25, -0.2) is 0 Å². The van der Waals surface area contributed by atoms with E-state index in [1.165, 1.54) is 11.5 Å². The van der Waals surface area contributed by atoms with Gasteiger partial charge in [-0.1, -0.05) is 0 Å². The molecule has 0 aromatic carbocycles. The van der Waals surface area contributed by atoms with Crippen LogP contribution in [0.4, 0.5) is 0 Å². The lowest BCUT2D eigenvalue weighted by atomic mass is 10.1. The average molecular weight is 260 g/mol. The van der Waals surface area contributed by atoms with E-state index < -0.39 is 0 Å². The number of thioether (sulfide) groups is 2. The third-order valence-electron chi connectivity index (χ3n) is 2.74. The Labute approximate surface area is 104 Å². The molecular formula is C10H16N2O2S2. The maximum Gasteiger partial charge on any atom is 0.225 e. The molecule has 2 unspecified atom stereocenters. The highest BCUT2D eigenvalue weighted by Crippen LogP contribution is 2.23. The van der Waals surface area contributed by atoms with Crippen LogP contribution in [0.25, 0.3) is 0 Å². The molecule has 6 heteroatoms. The molecular weight excluding hydrogens is 244 g/mol. The van der Waals surface area contributed by atoms with Gasteiger partial charge in [0.05, 0.1) is 5.92 Å². The van der Waals surface area contributed by atoms with Gasteiger partial charge in [-0.15, -0.1) is 0 Å². The molecule has 0 saturated carbocycles. The van der Waals surface area contributed by atoms with Crippen LogP contribution in [0.1, 0.15) is 6.42 Å². The third-order valence-corrected chi connectivity index (χ3v) is 5.58. The smallest absolute Gasteiger partial charge is 0.225 e. The summed E-state index contributed by atoms with van der Waals surface area (Å²) in [5, 5.41) is 6.16. The average Bonchev–Trinajstić information content (AvgIpc) is 2.74.